The van der Waals surface area contributed by atoms with Gasteiger partial charge in [0.05, 0.1) is 0 Å². The van der Waals surface area contributed by atoms with E-state index in [4.69, 9.17) is 0 Å². The molecule has 2 aliphatic rings. The van der Waals surface area contributed by atoms with Gasteiger partial charge in [-0.3, -0.25) is 9.80 Å². The smallest absolute Gasteiger partial charge is 0.0236 e. The molecule has 4 heteroatoms. The van der Waals surface area contributed by atoms with Crippen molar-refractivity contribution in [1.82, 2.24) is 19.6 Å². The maximum absolute atomic E-state index is 2.65. The van der Waals surface area contributed by atoms with Crippen molar-refractivity contribution in [3.05, 3.63) is 0 Å². The molecule has 0 aromatic rings. The first-order chi connectivity index (χ1) is 9.88. The average molecular weight is 297 g/mol. The number of rotatable bonds is 4. The molecule has 0 aromatic heterocycles. The molecule has 0 bridgehead atoms. The molecule has 0 amide bonds. The minimum absolute atomic E-state index is 0.678. The normalized spacial score (nSPS) is 31.4. The first-order valence-corrected chi connectivity index (χ1v) is 8.77. The van der Waals surface area contributed by atoms with Gasteiger partial charge in [-0.05, 0) is 48.2 Å². The molecule has 0 N–H and O–H groups in total. The van der Waals surface area contributed by atoms with Gasteiger partial charge in [-0.15, -0.1) is 0 Å². The lowest BCUT2D eigenvalue weighted by atomic mass is 9.99. The molecule has 21 heavy (non-hydrogen) atoms. The van der Waals surface area contributed by atoms with Crippen LogP contribution in [-0.4, -0.2) is 97.1 Å². The van der Waals surface area contributed by atoms with Crippen LogP contribution < -0.4 is 0 Å². The lowest BCUT2D eigenvalue weighted by Crippen LogP contribution is -2.58. The zero-order chi connectivity index (χ0) is 15.6. The number of piperazine rings is 2. The second-order valence-electron chi connectivity index (χ2n) is 7.68. The van der Waals surface area contributed by atoms with Crippen molar-refractivity contribution in [1.29, 1.82) is 0 Å². The van der Waals surface area contributed by atoms with Gasteiger partial charge in [0.15, 0.2) is 0 Å². The fraction of sp³-hybridized carbons (Fsp3) is 1.00. The monoisotopic (exact) mass is 296 g/mol. The quantitative estimate of drug-likeness (QED) is 0.778. The van der Waals surface area contributed by atoms with E-state index in [-0.39, 0.29) is 0 Å². The summed E-state index contributed by atoms with van der Waals surface area (Å²) in [5.74, 6) is 0. The van der Waals surface area contributed by atoms with E-state index in [1.807, 2.05) is 0 Å². The highest BCUT2D eigenvalue weighted by Gasteiger charge is 2.32. The van der Waals surface area contributed by atoms with Gasteiger partial charge in [-0.1, -0.05) is 0 Å². The maximum Gasteiger partial charge on any atom is 0.0236 e. The Kier molecular flexibility index (Phi) is 6.06. The van der Waals surface area contributed by atoms with E-state index in [0.717, 1.165) is 0 Å². The third-order valence-corrected chi connectivity index (χ3v) is 5.62. The van der Waals surface area contributed by atoms with Gasteiger partial charge in [0.1, 0.15) is 0 Å². The van der Waals surface area contributed by atoms with E-state index in [9.17, 15) is 0 Å². The summed E-state index contributed by atoms with van der Waals surface area (Å²) in [7, 11) is 4.62. The third-order valence-electron chi connectivity index (χ3n) is 5.62. The summed E-state index contributed by atoms with van der Waals surface area (Å²) in [5, 5.41) is 0. The van der Waals surface area contributed by atoms with Crippen molar-refractivity contribution in [2.24, 2.45) is 0 Å². The standard InChI is InChI=1S/C17H36N4/c1-14(2)20-9-7-18(5)16(12-20)11-17-13-21(15(3)4)10-8-19(17)6/h14-17H,7-13H2,1-6H3/t16-,17?/m0/s1. The fourth-order valence-electron chi connectivity index (χ4n) is 3.70. The molecular weight excluding hydrogens is 260 g/mol. The molecule has 2 rings (SSSR count). The molecule has 4 nitrogen and oxygen atoms in total. The molecule has 0 spiro atoms. The molecule has 2 atom stereocenters. The first kappa shape index (κ1) is 17.2. The van der Waals surface area contributed by atoms with Gasteiger partial charge in [-0.25, -0.2) is 0 Å². The Bertz CT molecular complexity index is 288. The SMILES string of the molecule is CC(C)N1CCN(C)C(C[C@H]2CN(C(C)C)CCN2C)C1. The van der Waals surface area contributed by atoms with Crippen molar-refractivity contribution in [2.75, 3.05) is 53.4 Å². The van der Waals surface area contributed by atoms with Crippen molar-refractivity contribution < 1.29 is 0 Å². The van der Waals surface area contributed by atoms with Crippen LogP contribution >= 0.6 is 0 Å². The lowest BCUT2D eigenvalue weighted by molar-refractivity contribution is 0.0244. The largest absolute Gasteiger partial charge is 0.301 e. The number of nitrogens with zero attached hydrogens (tertiary/aromatic N) is 4. The Morgan fingerprint density at radius 3 is 1.43 bits per heavy atom. The van der Waals surface area contributed by atoms with E-state index in [2.05, 4.69) is 61.4 Å². The van der Waals surface area contributed by atoms with Crippen LogP contribution in [0.2, 0.25) is 0 Å². The summed E-state index contributed by atoms with van der Waals surface area (Å²) in [5.41, 5.74) is 0. The van der Waals surface area contributed by atoms with E-state index in [1.54, 1.807) is 0 Å². The number of hydrogen-bond acceptors (Lipinski definition) is 4. The van der Waals surface area contributed by atoms with Gasteiger partial charge in [-0.2, -0.15) is 0 Å². The maximum atomic E-state index is 2.65. The van der Waals surface area contributed by atoms with Crippen molar-refractivity contribution in [2.45, 2.75) is 58.3 Å². The predicted octanol–water partition coefficient (Wildman–Crippen LogP) is 1.43. The molecule has 0 aliphatic carbocycles. The number of hydrogen-bond donors (Lipinski definition) is 0. The summed E-state index contributed by atoms with van der Waals surface area (Å²) in [6.45, 7) is 16.7. The summed E-state index contributed by atoms with van der Waals surface area (Å²) in [4.78, 5) is 10.5. The molecule has 2 saturated heterocycles. The van der Waals surface area contributed by atoms with E-state index in [0.29, 0.717) is 24.2 Å². The van der Waals surface area contributed by atoms with Crippen LogP contribution in [0, 0.1) is 0 Å². The van der Waals surface area contributed by atoms with Crippen LogP contribution in [0.25, 0.3) is 0 Å². The molecule has 124 valence electrons. The van der Waals surface area contributed by atoms with Crippen LogP contribution in [0.5, 0.6) is 0 Å². The molecule has 2 fully saturated rings. The molecule has 1 unspecified atom stereocenters. The molecule has 0 aromatic carbocycles. The topological polar surface area (TPSA) is 13.0 Å². The molecule has 2 aliphatic heterocycles. The highest BCUT2D eigenvalue weighted by Crippen LogP contribution is 2.20. The van der Waals surface area contributed by atoms with E-state index >= 15 is 0 Å². The molecule has 2 heterocycles. The Balaban J connectivity index is 1.94. The first-order valence-electron chi connectivity index (χ1n) is 8.77. The minimum Gasteiger partial charge on any atom is -0.301 e. The lowest BCUT2D eigenvalue weighted by Gasteiger charge is -2.46. The van der Waals surface area contributed by atoms with Crippen LogP contribution in [0.15, 0.2) is 0 Å². The van der Waals surface area contributed by atoms with Gasteiger partial charge < -0.3 is 9.80 Å². The van der Waals surface area contributed by atoms with Gasteiger partial charge in [0.25, 0.3) is 0 Å². The third kappa shape index (κ3) is 4.41. The van der Waals surface area contributed by atoms with Gasteiger partial charge >= 0.3 is 0 Å². The van der Waals surface area contributed by atoms with Crippen molar-refractivity contribution in [3.8, 4) is 0 Å². The van der Waals surface area contributed by atoms with E-state index in [1.165, 1.54) is 45.7 Å². The Hall–Kier alpha value is -0.160. The summed E-state index contributed by atoms with van der Waals surface area (Å²) >= 11 is 0. The average Bonchev–Trinajstić information content (AvgIpc) is 2.43. The number of likely N-dealkylation sites (N-methyl/N-ethyl adjacent to an activating group) is 2. The minimum atomic E-state index is 0.678. The fourth-order valence-corrected chi connectivity index (χ4v) is 3.70. The highest BCUT2D eigenvalue weighted by atomic mass is 15.3. The highest BCUT2D eigenvalue weighted by molar-refractivity contribution is 4.89. The summed E-state index contributed by atoms with van der Waals surface area (Å²) < 4.78 is 0. The van der Waals surface area contributed by atoms with E-state index < -0.39 is 0 Å². The second-order valence-corrected chi connectivity index (χ2v) is 7.68. The summed E-state index contributed by atoms with van der Waals surface area (Å²) in [6.07, 6.45) is 1.31. The molecule has 0 saturated carbocycles. The van der Waals surface area contributed by atoms with Crippen LogP contribution in [0.4, 0.5) is 0 Å². The van der Waals surface area contributed by atoms with Gasteiger partial charge in [0.2, 0.25) is 0 Å². The molecule has 0 radical (unpaired) electrons. The zero-order valence-corrected chi connectivity index (χ0v) is 15.0. The Labute approximate surface area is 132 Å². The molecular formula is C17H36N4. The van der Waals surface area contributed by atoms with Gasteiger partial charge in [0, 0.05) is 63.4 Å². The van der Waals surface area contributed by atoms with Crippen LogP contribution in [0.1, 0.15) is 34.1 Å². The van der Waals surface area contributed by atoms with Crippen molar-refractivity contribution >= 4 is 0 Å². The van der Waals surface area contributed by atoms with Crippen LogP contribution in [0.3, 0.4) is 0 Å². The zero-order valence-electron chi connectivity index (χ0n) is 15.0. The summed E-state index contributed by atoms with van der Waals surface area (Å²) in [6, 6.07) is 2.77. The Morgan fingerprint density at radius 1 is 0.714 bits per heavy atom. The van der Waals surface area contributed by atoms with Crippen molar-refractivity contribution in [3.63, 3.8) is 0 Å². The van der Waals surface area contributed by atoms with Crippen LogP contribution in [-0.2, 0) is 0 Å². The predicted molar refractivity (Wildman–Crippen MR) is 90.9 cm³/mol. The second kappa shape index (κ2) is 7.40. The Morgan fingerprint density at radius 2 is 1.10 bits per heavy atom.